The van der Waals surface area contributed by atoms with E-state index in [-0.39, 0.29) is 27.2 Å². The summed E-state index contributed by atoms with van der Waals surface area (Å²) in [6.45, 7) is 1.42. The summed E-state index contributed by atoms with van der Waals surface area (Å²) in [6.07, 6.45) is -2.30. The van der Waals surface area contributed by atoms with Crippen LogP contribution in [-0.4, -0.2) is 38.3 Å². The van der Waals surface area contributed by atoms with Gasteiger partial charge in [-0.3, -0.25) is 0 Å². The lowest BCUT2D eigenvalue weighted by Crippen LogP contribution is -2.23. The van der Waals surface area contributed by atoms with Gasteiger partial charge < -0.3 is 15.4 Å². The van der Waals surface area contributed by atoms with Gasteiger partial charge in [-0.25, -0.2) is 18.4 Å². The van der Waals surface area contributed by atoms with Crippen molar-refractivity contribution in [1.82, 2.24) is 15.3 Å². The molecule has 0 atom stereocenters. The van der Waals surface area contributed by atoms with E-state index in [0.29, 0.717) is 23.5 Å². The third kappa shape index (κ3) is 5.20. The summed E-state index contributed by atoms with van der Waals surface area (Å²) in [5.41, 5.74) is 1.08. The number of nitrogens with zero attached hydrogens (tertiary/aromatic N) is 2. The van der Waals surface area contributed by atoms with Crippen LogP contribution in [0.4, 0.5) is 24.8 Å². The lowest BCUT2D eigenvalue weighted by atomic mass is 10.0. The quantitative estimate of drug-likeness (QED) is 0.470. The molecule has 2 aromatic heterocycles. The van der Waals surface area contributed by atoms with E-state index in [4.69, 9.17) is 16.3 Å². The summed E-state index contributed by atoms with van der Waals surface area (Å²) < 4.78 is 70.7. The number of ether oxygens (including phenoxy) is 1. The monoisotopic (exact) mass is 532 g/mol. The molecule has 0 fully saturated rings. The van der Waals surface area contributed by atoms with Crippen LogP contribution in [-0.2, 0) is 40.3 Å². The third-order valence-corrected chi connectivity index (χ3v) is 7.92. The summed E-state index contributed by atoms with van der Waals surface area (Å²) in [7, 11) is -2.32. The summed E-state index contributed by atoms with van der Waals surface area (Å²) in [6, 6.07) is 4.82. The number of nitrogens with one attached hydrogen (secondary N) is 2. The molecule has 182 valence electrons. The Morgan fingerprint density at radius 2 is 2.03 bits per heavy atom. The van der Waals surface area contributed by atoms with Gasteiger partial charge in [-0.2, -0.15) is 13.2 Å². The lowest BCUT2D eigenvalue weighted by molar-refractivity contribution is -0.137. The molecule has 1 aliphatic rings. The summed E-state index contributed by atoms with van der Waals surface area (Å²) in [5.74, 6) is -0.0959. The second-order valence-electron chi connectivity index (χ2n) is 7.71. The molecule has 3 aromatic rings. The van der Waals surface area contributed by atoms with Gasteiger partial charge in [0.1, 0.15) is 5.56 Å². The molecule has 1 aromatic carbocycles. The topological polar surface area (TPSA) is 93.2 Å². The average Bonchev–Trinajstić information content (AvgIpc) is 3.18. The molecule has 0 amide bonds. The molecule has 7 nitrogen and oxygen atoms in total. The molecule has 0 bridgehead atoms. The van der Waals surface area contributed by atoms with Gasteiger partial charge in [-0.05, 0) is 42.3 Å². The first-order valence-electron chi connectivity index (χ1n) is 10.0. The zero-order valence-electron chi connectivity index (χ0n) is 18.1. The number of hydrogen-bond acceptors (Lipinski definition) is 8. The molecule has 34 heavy (non-hydrogen) atoms. The first kappa shape index (κ1) is 24.9. The second kappa shape index (κ2) is 9.42. The van der Waals surface area contributed by atoms with Gasteiger partial charge in [0.05, 0.1) is 32.8 Å². The second-order valence-corrected chi connectivity index (χ2v) is 11.2. The van der Waals surface area contributed by atoms with Crippen molar-refractivity contribution in [2.24, 2.45) is 0 Å². The van der Waals surface area contributed by atoms with Gasteiger partial charge in [-0.15, -0.1) is 11.3 Å². The van der Waals surface area contributed by atoms with Crippen molar-refractivity contribution in [3.8, 4) is 10.6 Å². The van der Waals surface area contributed by atoms with Crippen LogP contribution in [0.25, 0.3) is 10.6 Å². The molecule has 1 aliphatic heterocycles. The number of rotatable bonds is 6. The number of fused-ring (bicyclic) bond motifs is 1. The van der Waals surface area contributed by atoms with Gasteiger partial charge in [0.25, 0.3) is 0 Å². The van der Waals surface area contributed by atoms with E-state index in [9.17, 15) is 21.6 Å². The fourth-order valence-electron chi connectivity index (χ4n) is 3.63. The van der Waals surface area contributed by atoms with E-state index in [1.807, 2.05) is 6.07 Å². The first-order chi connectivity index (χ1) is 16.0. The largest absolute Gasteiger partial charge is 0.420 e. The lowest BCUT2D eigenvalue weighted by Gasteiger charge is -2.19. The Kier molecular flexibility index (Phi) is 6.89. The van der Waals surface area contributed by atoms with Crippen LogP contribution in [0.15, 0.2) is 29.3 Å². The first-order valence-corrected chi connectivity index (χ1v) is 13.1. The van der Waals surface area contributed by atoms with Crippen molar-refractivity contribution in [2.45, 2.75) is 30.6 Å². The highest BCUT2D eigenvalue weighted by Crippen LogP contribution is 2.41. The predicted octanol–water partition coefficient (Wildman–Crippen LogP) is 4.82. The summed E-state index contributed by atoms with van der Waals surface area (Å²) in [5, 5.41) is 6.54. The Morgan fingerprint density at radius 1 is 1.26 bits per heavy atom. The molecule has 0 saturated heterocycles. The standard InChI is InChI=1S/C21H20ClF3N4O3S2/c1-32-10-17-18(34(2,30)31)7-16(33-17)19-13(21(23,24)25)9-27-20(29-19)28-15-6-11-3-4-26-8-12(11)5-14(15)22/h5-7,9,26H,3-4,8,10H2,1-2H3,(H,27,28,29). The fourth-order valence-corrected chi connectivity index (χ4v) is 6.35. The number of benzene rings is 1. The average molecular weight is 533 g/mol. The highest BCUT2D eigenvalue weighted by molar-refractivity contribution is 7.91. The van der Waals surface area contributed by atoms with Gasteiger partial charge in [0.15, 0.2) is 9.84 Å². The molecule has 2 N–H and O–H groups in total. The molecule has 13 heteroatoms. The van der Waals surface area contributed by atoms with Crippen molar-refractivity contribution in [3.63, 3.8) is 0 Å². The summed E-state index contributed by atoms with van der Waals surface area (Å²) in [4.78, 5) is 8.18. The van der Waals surface area contributed by atoms with Crippen LogP contribution < -0.4 is 10.6 Å². The highest BCUT2D eigenvalue weighted by Gasteiger charge is 2.36. The van der Waals surface area contributed by atoms with Crippen LogP contribution in [0.3, 0.4) is 0 Å². The maximum atomic E-state index is 13.8. The predicted molar refractivity (Wildman–Crippen MR) is 124 cm³/mol. The number of methoxy groups -OCH3 is 1. The maximum absolute atomic E-state index is 13.8. The van der Waals surface area contributed by atoms with E-state index in [0.717, 1.165) is 41.7 Å². The van der Waals surface area contributed by atoms with E-state index in [1.54, 1.807) is 6.07 Å². The van der Waals surface area contributed by atoms with Crippen LogP contribution >= 0.6 is 22.9 Å². The number of anilines is 2. The molecule has 0 unspecified atom stereocenters. The zero-order valence-corrected chi connectivity index (χ0v) is 20.5. The fraction of sp³-hybridized carbons (Fsp3) is 0.333. The van der Waals surface area contributed by atoms with E-state index in [1.165, 1.54) is 13.2 Å². The van der Waals surface area contributed by atoms with Crippen molar-refractivity contribution in [3.05, 3.63) is 51.0 Å². The van der Waals surface area contributed by atoms with Gasteiger partial charge in [0, 0.05) is 31.0 Å². The molecule has 0 saturated carbocycles. The minimum absolute atomic E-state index is 0.0351. The molecular weight excluding hydrogens is 513 g/mol. The Hall–Kier alpha value is -2.25. The number of alkyl halides is 3. The molecule has 0 aliphatic carbocycles. The Balaban J connectivity index is 1.80. The van der Waals surface area contributed by atoms with Crippen LogP contribution in [0, 0.1) is 0 Å². The van der Waals surface area contributed by atoms with Crippen molar-refractivity contribution in [1.29, 1.82) is 0 Å². The SMILES string of the molecule is COCc1sc(-c2nc(Nc3cc4c(cc3Cl)CNCC4)ncc2C(F)(F)F)cc1S(C)(=O)=O. The van der Waals surface area contributed by atoms with Crippen LogP contribution in [0.5, 0.6) is 0 Å². The summed E-state index contributed by atoms with van der Waals surface area (Å²) >= 11 is 7.25. The normalized spacial score (nSPS) is 14.2. The van der Waals surface area contributed by atoms with Crippen molar-refractivity contribution >= 4 is 44.4 Å². The Morgan fingerprint density at radius 3 is 2.71 bits per heavy atom. The Labute approximate surface area is 203 Å². The molecular formula is C21H20ClF3N4O3S2. The number of sulfone groups is 1. The van der Waals surface area contributed by atoms with Gasteiger partial charge in [-0.1, -0.05) is 11.6 Å². The minimum atomic E-state index is -4.75. The van der Waals surface area contributed by atoms with E-state index in [2.05, 4.69) is 20.6 Å². The molecule has 4 rings (SSSR count). The molecule has 0 radical (unpaired) electrons. The maximum Gasteiger partial charge on any atom is 0.420 e. The van der Waals surface area contributed by atoms with Gasteiger partial charge >= 0.3 is 6.18 Å². The van der Waals surface area contributed by atoms with Crippen molar-refractivity contribution in [2.75, 3.05) is 25.2 Å². The molecule has 0 spiro atoms. The van der Waals surface area contributed by atoms with E-state index >= 15 is 0 Å². The number of halogens is 4. The smallest absolute Gasteiger partial charge is 0.379 e. The number of aromatic nitrogens is 2. The minimum Gasteiger partial charge on any atom is -0.379 e. The van der Waals surface area contributed by atoms with Crippen LogP contribution in [0.1, 0.15) is 21.6 Å². The van der Waals surface area contributed by atoms with E-state index < -0.39 is 27.3 Å². The van der Waals surface area contributed by atoms with Crippen LogP contribution in [0.2, 0.25) is 5.02 Å². The van der Waals surface area contributed by atoms with Crippen molar-refractivity contribution < 1.29 is 26.3 Å². The number of thiophene rings is 1. The zero-order chi connectivity index (χ0) is 24.7. The molecule has 3 heterocycles. The Bertz CT molecular complexity index is 1340. The third-order valence-electron chi connectivity index (χ3n) is 5.19. The van der Waals surface area contributed by atoms with Gasteiger partial charge in [0.2, 0.25) is 5.95 Å². The highest BCUT2D eigenvalue weighted by atomic mass is 35.5. The number of hydrogen-bond donors (Lipinski definition) is 2.